The van der Waals surface area contributed by atoms with E-state index < -0.39 is 12.3 Å². The van der Waals surface area contributed by atoms with Crippen LogP contribution in [0.15, 0.2) is 42.7 Å². The number of alkyl halides is 1. The van der Waals surface area contributed by atoms with Crippen molar-refractivity contribution in [1.82, 2.24) is 25.2 Å². The van der Waals surface area contributed by atoms with E-state index in [9.17, 15) is 5.11 Å². The van der Waals surface area contributed by atoms with Crippen LogP contribution in [0, 0.1) is 5.41 Å². The largest absolute Gasteiger partial charge is 0.507 e. The Morgan fingerprint density at radius 3 is 2.80 bits per heavy atom. The molecule has 3 atom stereocenters. The summed E-state index contributed by atoms with van der Waals surface area (Å²) in [7, 11) is 0. The second-order valence-electron chi connectivity index (χ2n) is 8.16. The molecule has 1 saturated carbocycles. The molecule has 1 N–H and O–H groups in total. The van der Waals surface area contributed by atoms with E-state index in [1.54, 1.807) is 47.4 Å². The van der Waals surface area contributed by atoms with E-state index in [1.165, 1.54) is 0 Å². The quantitative estimate of drug-likeness (QED) is 0.642. The lowest BCUT2D eigenvalue weighted by Crippen LogP contribution is -2.45. The van der Waals surface area contributed by atoms with Gasteiger partial charge in [0.25, 0.3) is 0 Å². The molecular formula is C22H26FN5O2. The lowest BCUT2D eigenvalue weighted by atomic mass is 9.70. The van der Waals surface area contributed by atoms with Gasteiger partial charge in [0.2, 0.25) is 5.88 Å². The Labute approximate surface area is 174 Å². The van der Waals surface area contributed by atoms with Gasteiger partial charge in [0, 0.05) is 23.1 Å². The van der Waals surface area contributed by atoms with Gasteiger partial charge in [-0.3, -0.25) is 0 Å². The highest BCUT2D eigenvalue weighted by Crippen LogP contribution is 2.43. The van der Waals surface area contributed by atoms with Crippen LogP contribution in [0.5, 0.6) is 11.6 Å². The van der Waals surface area contributed by atoms with Crippen LogP contribution in [-0.2, 0) is 0 Å². The third-order valence-electron chi connectivity index (χ3n) is 5.91. The molecule has 0 unspecified atom stereocenters. The summed E-state index contributed by atoms with van der Waals surface area (Å²) < 4.78 is 22.5. The topological polar surface area (TPSA) is 86.0 Å². The van der Waals surface area contributed by atoms with E-state index in [4.69, 9.17) is 4.74 Å². The minimum absolute atomic E-state index is 0.0532. The third-order valence-corrected chi connectivity index (χ3v) is 5.91. The molecule has 7 nitrogen and oxygen atoms in total. The highest BCUT2D eigenvalue weighted by Gasteiger charge is 2.43. The van der Waals surface area contributed by atoms with E-state index in [1.807, 2.05) is 6.92 Å². The molecule has 3 aromatic rings. The fourth-order valence-corrected chi connectivity index (χ4v) is 4.30. The molecule has 30 heavy (non-hydrogen) atoms. The summed E-state index contributed by atoms with van der Waals surface area (Å²) in [6.45, 7) is 4.09. The number of nitrogens with zero attached hydrogens (tertiary/aromatic N) is 5. The van der Waals surface area contributed by atoms with Crippen LogP contribution in [0.3, 0.4) is 0 Å². The Morgan fingerprint density at radius 2 is 2.13 bits per heavy atom. The highest BCUT2D eigenvalue weighted by atomic mass is 19.1. The van der Waals surface area contributed by atoms with Gasteiger partial charge in [0.1, 0.15) is 18.0 Å². The lowest BCUT2D eigenvalue weighted by Gasteiger charge is -2.41. The average molecular weight is 411 g/mol. The molecule has 158 valence electrons. The Kier molecular flexibility index (Phi) is 5.65. The Morgan fingerprint density at radius 1 is 1.27 bits per heavy atom. The molecule has 1 aromatic carbocycles. The first kappa shape index (κ1) is 20.3. The van der Waals surface area contributed by atoms with E-state index in [0.29, 0.717) is 29.2 Å². The van der Waals surface area contributed by atoms with Gasteiger partial charge in [-0.25, -0.2) is 9.07 Å². The molecule has 0 saturated heterocycles. The van der Waals surface area contributed by atoms with Crippen molar-refractivity contribution in [1.29, 1.82) is 0 Å². The predicted molar refractivity (Wildman–Crippen MR) is 110 cm³/mol. The molecule has 2 heterocycles. The number of halogens is 1. The Bertz CT molecular complexity index is 976. The summed E-state index contributed by atoms with van der Waals surface area (Å²) in [4.78, 5) is 0. The Balaban J connectivity index is 1.48. The molecule has 1 aliphatic carbocycles. The number of rotatable bonds is 6. The zero-order valence-electron chi connectivity index (χ0n) is 17.2. The number of phenolic OH excluding ortho intramolecular Hbond substituents is 1. The molecule has 2 aromatic heterocycles. The number of aromatic nitrogens is 5. The first-order valence-corrected chi connectivity index (χ1v) is 10.3. The fourth-order valence-electron chi connectivity index (χ4n) is 4.30. The molecule has 0 amide bonds. The van der Waals surface area contributed by atoms with Crippen LogP contribution in [0.2, 0.25) is 0 Å². The van der Waals surface area contributed by atoms with E-state index in [-0.39, 0.29) is 11.2 Å². The van der Waals surface area contributed by atoms with Gasteiger partial charge in [-0.15, -0.1) is 15.3 Å². The van der Waals surface area contributed by atoms with Crippen molar-refractivity contribution in [2.24, 2.45) is 5.41 Å². The van der Waals surface area contributed by atoms with Gasteiger partial charge in [0.05, 0.1) is 23.8 Å². The molecule has 0 aliphatic heterocycles. The van der Waals surface area contributed by atoms with Crippen LogP contribution >= 0.6 is 0 Å². The zero-order chi connectivity index (χ0) is 21.1. The van der Waals surface area contributed by atoms with Crippen LogP contribution in [0.1, 0.15) is 46.0 Å². The summed E-state index contributed by atoms with van der Waals surface area (Å²) in [5, 5.41) is 26.4. The van der Waals surface area contributed by atoms with Crippen LogP contribution < -0.4 is 4.74 Å². The highest BCUT2D eigenvalue weighted by molar-refractivity contribution is 5.68. The maximum atomic E-state index is 15.1. The summed E-state index contributed by atoms with van der Waals surface area (Å²) in [6, 6.07) is 8.52. The third kappa shape index (κ3) is 3.99. The zero-order valence-corrected chi connectivity index (χ0v) is 17.2. The first-order chi connectivity index (χ1) is 14.5. The monoisotopic (exact) mass is 411 g/mol. The number of benzene rings is 1. The number of ether oxygens (including phenoxy) is 1. The number of phenols is 1. The standard InChI is InChI=1S/C22H26FN5O2/c1-3-10-22(2)11-4-5-19(21(22)23)30-20-9-8-17(25-26-20)16-7-6-15(14-18(16)29)28-13-12-24-27-28/h6-9,12-14,19,21,29H,3-5,10-11H2,1-2H3/t19-,21+,22+/m0/s1. The van der Waals surface area contributed by atoms with Gasteiger partial charge < -0.3 is 9.84 Å². The van der Waals surface area contributed by atoms with E-state index >= 15 is 4.39 Å². The fraction of sp³-hybridized carbons (Fsp3) is 0.455. The lowest BCUT2D eigenvalue weighted by molar-refractivity contribution is -0.0330. The van der Waals surface area contributed by atoms with Crippen LogP contribution in [0.25, 0.3) is 16.9 Å². The molecule has 8 heteroatoms. The van der Waals surface area contributed by atoms with Gasteiger partial charge >= 0.3 is 0 Å². The molecule has 0 spiro atoms. The molecule has 1 aliphatic rings. The van der Waals surface area contributed by atoms with Crippen molar-refractivity contribution in [2.45, 2.75) is 58.2 Å². The second-order valence-corrected chi connectivity index (χ2v) is 8.16. The minimum atomic E-state index is -1.03. The van der Waals surface area contributed by atoms with Crippen molar-refractivity contribution >= 4 is 0 Å². The van der Waals surface area contributed by atoms with E-state index in [2.05, 4.69) is 27.4 Å². The van der Waals surface area contributed by atoms with Crippen molar-refractivity contribution in [3.05, 3.63) is 42.7 Å². The normalized spacial score (nSPS) is 24.0. The van der Waals surface area contributed by atoms with Crippen molar-refractivity contribution in [2.75, 3.05) is 0 Å². The average Bonchev–Trinajstić information content (AvgIpc) is 3.27. The second kappa shape index (κ2) is 8.38. The van der Waals surface area contributed by atoms with Crippen LogP contribution in [0.4, 0.5) is 4.39 Å². The van der Waals surface area contributed by atoms with Crippen LogP contribution in [-0.4, -0.2) is 42.6 Å². The first-order valence-electron chi connectivity index (χ1n) is 10.3. The molecule has 0 radical (unpaired) electrons. The van der Waals surface area contributed by atoms with Crippen molar-refractivity contribution in [3.63, 3.8) is 0 Å². The van der Waals surface area contributed by atoms with Crippen molar-refractivity contribution in [3.8, 4) is 28.6 Å². The molecule has 4 rings (SSSR count). The maximum absolute atomic E-state index is 15.1. The molecule has 1 fully saturated rings. The van der Waals surface area contributed by atoms with Gasteiger partial charge in [-0.05, 0) is 43.9 Å². The smallest absolute Gasteiger partial charge is 0.233 e. The number of hydrogen-bond acceptors (Lipinski definition) is 6. The predicted octanol–water partition coefficient (Wildman–Crippen LogP) is 4.51. The van der Waals surface area contributed by atoms with Gasteiger partial charge in [-0.2, -0.15) is 0 Å². The summed E-state index contributed by atoms with van der Waals surface area (Å²) in [5.41, 5.74) is 1.38. The number of aromatic hydroxyl groups is 1. The van der Waals surface area contributed by atoms with Gasteiger partial charge in [0.15, 0.2) is 0 Å². The Hall–Kier alpha value is -3.03. The summed E-state index contributed by atoms with van der Waals surface area (Å²) in [6.07, 6.45) is 6.03. The van der Waals surface area contributed by atoms with Gasteiger partial charge in [-0.1, -0.05) is 25.5 Å². The minimum Gasteiger partial charge on any atom is -0.507 e. The summed E-state index contributed by atoms with van der Waals surface area (Å²) >= 11 is 0. The van der Waals surface area contributed by atoms with E-state index in [0.717, 1.165) is 25.7 Å². The SMILES string of the molecule is CCC[C@]1(C)CCC[C@H](Oc2ccc(-c3ccc(-n4ccnn4)cc3O)nn2)[C@H]1F. The molecular weight excluding hydrogens is 385 g/mol. The number of hydrogen-bond donors (Lipinski definition) is 1. The molecule has 0 bridgehead atoms. The van der Waals surface area contributed by atoms with Crippen molar-refractivity contribution < 1.29 is 14.2 Å². The maximum Gasteiger partial charge on any atom is 0.233 e. The summed E-state index contributed by atoms with van der Waals surface area (Å²) in [5.74, 6) is 0.350.